The third-order valence-electron chi connectivity index (χ3n) is 3.55. The van der Waals surface area contributed by atoms with Crippen LogP contribution in [-0.4, -0.2) is 14.2 Å². The van der Waals surface area contributed by atoms with Gasteiger partial charge in [0.05, 0.1) is 20.3 Å². The Morgan fingerprint density at radius 1 is 1.00 bits per heavy atom. The van der Waals surface area contributed by atoms with Gasteiger partial charge in [0.25, 0.3) is 0 Å². The largest absolute Gasteiger partial charge is 0.497 e. The molecular formula is C16H17NO2. The highest BCUT2D eigenvalue weighted by Gasteiger charge is 2.22. The molecule has 3 rings (SSSR count). The number of anilines is 1. The van der Waals surface area contributed by atoms with E-state index in [9.17, 15) is 0 Å². The number of para-hydroxylation sites is 1. The van der Waals surface area contributed by atoms with E-state index in [1.807, 2.05) is 6.07 Å². The zero-order valence-corrected chi connectivity index (χ0v) is 11.1. The molecule has 1 atom stereocenters. The number of rotatable bonds is 3. The van der Waals surface area contributed by atoms with Gasteiger partial charge < -0.3 is 14.8 Å². The highest BCUT2D eigenvalue weighted by Crippen LogP contribution is 2.36. The summed E-state index contributed by atoms with van der Waals surface area (Å²) in [5.74, 6) is 1.65. The maximum absolute atomic E-state index is 5.33. The lowest BCUT2D eigenvalue weighted by atomic mass is 10.0. The van der Waals surface area contributed by atoms with E-state index in [2.05, 4.69) is 41.7 Å². The summed E-state index contributed by atoms with van der Waals surface area (Å²) < 4.78 is 10.7. The summed E-state index contributed by atoms with van der Waals surface area (Å²) >= 11 is 0. The van der Waals surface area contributed by atoms with Crippen LogP contribution < -0.4 is 14.8 Å². The van der Waals surface area contributed by atoms with E-state index in [1.165, 1.54) is 16.8 Å². The zero-order valence-electron chi connectivity index (χ0n) is 11.1. The molecule has 2 aromatic rings. The van der Waals surface area contributed by atoms with Crippen LogP contribution in [0.4, 0.5) is 5.69 Å². The van der Waals surface area contributed by atoms with Crippen molar-refractivity contribution in [2.24, 2.45) is 0 Å². The summed E-state index contributed by atoms with van der Waals surface area (Å²) in [5.41, 5.74) is 3.76. The van der Waals surface area contributed by atoms with Gasteiger partial charge in [-0.3, -0.25) is 0 Å². The fraction of sp³-hybridized carbons (Fsp3) is 0.250. The van der Waals surface area contributed by atoms with Crippen molar-refractivity contribution in [2.75, 3.05) is 19.5 Å². The van der Waals surface area contributed by atoms with Crippen molar-refractivity contribution < 1.29 is 9.47 Å². The SMILES string of the molecule is COc1cc(OC)cc(C2Cc3ccccc3N2)c1. The van der Waals surface area contributed by atoms with E-state index in [0.717, 1.165) is 17.9 Å². The molecule has 3 heteroatoms. The Labute approximate surface area is 113 Å². The van der Waals surface area contributed by atoms with Crippen LogP contribution in [-0.2, 0) is 6.42 Å². The van der Waals surface area contributed by atoms with E-state index in [-0.39, 0.29) is 6.04 Å². The molecular weight excluding hydrogens is 238 g/mol. The highest BCUT2D eigenvalue weighted by atomic mass is 16.5. The molecule has 0 radical (unpaired) electrons. The summed E-state index contributed by atoms with van der Waals surface area (Å²) in [6, 6.07) is 14.7. The normalized spacial score (nSPS) is 16.6. The van der Waals surface area contributed by atoms with Crippen molar-refractivity contribution in [3.8, 4) is 11.5 Å². The van der Waals surface area contributed by atoms with Crippen molar-refractivity contribution in [2.45, 2.75) is 12.5 Å². The van der Waals surface area contributed by atoms with Gasteiger partial charge in [-0.25, -0.2) is 0 Å². The first-order valence-corrected chi connectivity index (χ1v) is 6.37. The standard InChI is InChI=1S/C16H17NO2/c1-18-13-7-12(8-14(10-13)19-2)16-9-11-5-3-4-6-15(11)17-16/h3-8,10,16-17H,9H2,1-2H3. The average molecular weight is 255 g/mol. The van der Waals surface area contributed by atoms with Crippen LogP contribution in [0.5, 0.6) is 11.5 Å². The molecule has 1 aliphatic rings. The van der Waals surface area contributed by atoms with Gasteiger partial charge in [-0.15, -0.1) is 0 Å². The molecule has 0 saturated heterocycles. The number of methoxy groups -OCH3 is 2. The zero-order chi connectivity index (χ0) is 13.2. The van der Waals surface area contributed by atoms with E-state index in [0.29, 0.717) is 0 Å². The van der Waals surface area contributed by atoms with E-state index >= 15 is 0 Å². The van der Waals surface area contributed by atoms with Gasteiger partial charge in [0, 0.05) is 11.8 Å². The molecule has 1 aliphatic heterocycles. The summed E-state index contributed by atoms with van der Waals surface area (Å²) in [7, 11) is 3.35. The molecule has 2 aromatic carbocycles. The van der Waals surface area contributed by atoms with Crippen molar-refractivity contribution in [3.63, 3.8) is 0 Å². The molecule has 0 fully saturated rings. The maximum atomic E-state index is 5.33. The Kier molecular flexibility index (Phi) is 3.03. The molecule has 1 unspecified atom stereocenters. The number of fused-ring (bicyclic) bond motifs is 1. The van der Waals surface area contributed by atoms with Crippen LogP contribution in [0.2, 0.25) is 0 Å². The number of ether oxygens (including phenoxy) is 2. The van der Waals surface area contributed by atoms with Crippen molar-refractivity contribution in [1.82, 2.24) is 0 Å². The fourth-order valence-electron chi connectivity index (χ4n) is 2.53. The molecule has 3 nitrogen and oxygen atoms in total. The Morgan fingerprint density at radius 3 is 2.32 bits per heavy atom. The molecule has 0 saturated carbocycles. The molecule has 0 amide bonds. The van der Waals surface area contributed by atoms with Gasteiger partial charge in [-0.05, 0) is 35.7 Å². The lowest BCUT2D eigenvalue weighted by molar-refractivity contribution is 0.393. The summed E-state index contributed by atoms with van der Waals surface area (Å²) in [6.07, 6.45) is 0.993. The third-order valence-corrected chi connectivity index (χ3v) is 3.55. The number of nitrogens with one attached hydrogen (secondary N) is 1. The van der Waals surface area contributed by atoms with E-state index < -0.39 is 0 Å². The maximum Gasteiger partial charge on any atom is 0.122 e. The van der Waals surface area contributed by atoms with Gasteiger partial charge >= 0.3 is 0 Å². The first kappa shape index (κ1) is 11.9. The summed E-state index contributed by atoms with van der Waals surface area (Å²) in [5, 5.41) is 3.54. The topological polar surface area (TPSA) is 30.5 Å². The predicted molar refractivity (Wildman–Crippen MR) is 76.1 cm³/mol. The van der Waals surface area contributed by atoms with Crippen LogP contribution in [0, 0.1) is 0 Å². The molecule has 1 heterocycles. The third kappa shape index (κ3) is 2.24. The second kappa shape index (κ2) is 4.84. The van der Waals surface area contributed by atoms with Gasteiger partial charge in [0.2, 0.25) is 0 Å². The molecule has 19 heavy (non-hydrogen) atoms. The van der Waals surface area contributed by atoms with Crippen LogP contribution >= 0.6 is 0 Å². The molecule has 0 spiro atoms. The van der Waals surface area contributed by atoms with Gasteiger partial charge in [0.1, 0.15) is 11.5 Å². The molecule has 0 aromatic heterocycles. The van der Waals surface area contributed by atoms with Gasteiger partial charge in [0.15, 0.2) is 0 Å². The summed E-state index contributed by atoms with van der Waals surface area (Å²) in [4.78, 5) is 0. The Balaban J connectivity index is 1.92. The summed E-state index contributed by atoms with van der Waals surface area (Å²) in [6.45, 7) is 0. The average Bonchev–Trinajstić information content (AvgIpc) is 2.90. The number of hydrogen-bond donors (Lipinski definition) is 1. The second-order valence-corrected chi connectivity index (χ2v) is 4.70. The number of benzene rings is 2. The first-order valence-electron chi connectivity index (χ1n) is 6.37. The minimum Gasteiger partial charge on any atom is -0.497 e. The van der Waals surface area contributed by atoms with Gasteiger partial charge in [-0.1, -0.05) is 18.2 Å². The van der Waals surface area contributed by atoms with Crippen molar-refractivity contribution in [3.05, 3.63) is 53.6 Å². The molecule has 0 bridgehead atoms. The second-order valence-electron chi connectivity index (χ2n) is 4.70. The Hall–Kier alpha value is -2.16. The fourth-order valence-corrected chi connectivity index (χ4v) is 2.53. The monoisotopic (exact) mass is 255 g/mol. The van der Waals surface area contributed by atoms with Crippen LogP contribution in [0.3, 0.4) is 0 Å². The highest BCUT2D eigenvalue weighted by molar-refractivity contribution is 5.58. The first-order chi connectivity index (χ1) is 9.30. The number of hydrogen-bond acceptors (Lipinski definition) is 3. The van der Waals surface area contributed by atoms with Gasteiger partial charge in [-0.2, -0.15) is 0 Å². The van der Waals surface area contributed by atoms with Crippen LogP contribution in [0.25, 0.3) is 0 Å². The van der Waals surface area contributed by atoms with Crippen molar-refractivity contribution in [1.29, 1.82) is 0 Å². The lowest BCUT2D eigenvalue weighted by Gasteiger charge is -2.14. The molecule has 1 N–H and O–H groups in total. The van der Waals surface area contributed by atoms with Crippen molar-refractivity contribution >= 4 is 5.69 Å². The minimum atomic E-state index is 0.279. The van der Waals surface area contributed by atoms with Crippen LogP contribution in [0.1, 0.15) is 17.2 Å². The minimum absolute atomic E-state index is 0.279. The Bertz CT molecular complexity index is 548. The van der Waals surface area contributed by atoms with E-state index in [1.54, 1.807) is 14.2 Å². The Morgan fingerprint density at radius 2 is 1.68 bits per heavy atom. The lowest BCUT2D eigenvalue weighted by Crippen LogP contribution is -2.06. The smallest absolute Gasteiger partial charge is 0.122 e. The van der Waals surface area contributed by atoms with E-state index in [4.69, 9.17) is 9.47 Å². The predicted octanol–water partition coefficient (Wildman–Crippen LogP) is 3.41. The van der Waals surface area contributed by atoms with Crippen LogP contribution in [0.15, 0.2) is 42.5 Å². The quantitative estimate of drug-likeness (QED) is 0.911. The molecule has 98 valence electrons. The molecule has 0 aliphatic carbocycles.